The van der Waals surface area contributed by atoms with E-state index in [2.05, 4.69) is 5.32 Å². The molecule has 1 aliphatic carbocycles. The third-order valence-electron chi connectivity index (χ3n) is 3.00. The molecule has 0 aliphatic heterocycles. The van der Waals surface area contributed by atoms with Crippen molar-refractivity contribution in [1.82, 2.24) is 0 Å². The van der Waals surface area contributed by atoms with Crippen molar-refractivity contribution in [3.05, 3.63) is 29.0 Å². The Balaban J connectivity index is 2.05. The lowest BCUT2D eigenvalue weighted by atomic mass is 9.91. The topological polar surface area (TPSA) is 38.0 Å². The molecule has 2 rings (SSSR count). The van der Waals surface area contributed by atoms with E-state index in [9.17, 15) is 4.39 Å². The Labute approximate surface area is 100.0 Å². The molecule has 1 saturated carbocycles. The van der Waals surface area contributed by atoms with Crippen molar-refractivity contribution >= 4 is 17.3 Å². The van der Waals surface area contributed by atoms with Gasteiger partial charge in [0.2, 0.25) is 0 Å². The first-order valence-corrected chi connectivity index (χ1v) is 6.00. The molecule has 0 aromatic heterocycles. The summed E-state index contributed by atoms with van der Waals surface area (Å²) >= 11 is 5.99. The van der Waals surface area contributed by atoms with Crippen LogP contribution in [-0.4, -0.2) is 12.1 Å². The minimum Gasteiger partial charge on any atom is -0.381 e. The SMILES string of the molecule is NC1CCCC(Nc2cc(F)ccc2Cl)C1. The van der Waals surface area contributed by atoms with Crippen LogP contribution in [0.15, 0.2) is 18.2 Å². The van der Waals surface area contributed by atoms with Crippen molar-refractivity contribution in [2.24, 2.45) is 5.73 Å². The Morgan fingerprint density at radius 3 is 2.94 bits per heavy atom. The molecule has 0 spiro atoms. The molecule has 2 nitrogen and oxygen atoms in total. The number of anilines is 1. The molecule has 1 fully saturated rings. The van der Waals surface area contributed by atoms with Gasteiger partial charge in [0.15, 0.2) is 0 Å². The summed E-state index contributed by atoms with van der Waals surface area (Å²) in [7, 11) is 0. The van der Waals surface area contributed by atoms with Gasteiger partial charge in [-0.2, -0.15) is 0 Å². The average molecular weight is 243 g/mol. The number of halogens is 2. The molecule has 0 heterocycles. The Morgan fingerprint density at radius 1 is 1.38 bits per heavy atom. The van der Waals surface area contributed by atoms with E-state index in [1.54, 1.807) is 6.07 Å². The predicted molar refractivity (Wildman–Crippen MR) is 65.3 cm³/mol. The molecule has 0 amide bonds. The fourth-order valence-corrected chi connectivity index (χ4v) is 2.36. The number of hydrogen-bond acceptors (Lipinski definition) is 2. The van der Waals surface area contributed by atoms with E-state index in [4.69, 9.17) is 17.3 Å². The van der Waals surface area contributed by atoms with Gasteiger partial charge in [0.05, 0.1) is 10.7 Å². The second-order valence-electron chi connectivity index (χ2n) is 4.39. The zero-order valence-corrected chi connectivity index (χ0v) is 9.80. The Bertz CT molecular complexity index is 370. The molecule has 1 aliphatic rings. The molecule has 1 aromatic rings. The largest absolute Gasteiger partial charge is 0.381 e. The Hall–Kier alpha value is -0.800. The van der Waals surface area contributed by atoms with Gasteiger partial charge in [-0.1, -0.05) is 11.6 Å². The van der Waals surface area contributed by atoms with Crippen LogP contribution < -0.4 is 11.1 Å². The molecule has 16 heavy (non-hydrogen) atoms. The van der Waals surface area contributed by atoms with E-state index in [0.29, 0.717) is 16.8 Å². The molecular weight excluding hydrogens is 227 g/mol. The van der Waals surface area contributed by atoms with Crippen LogP contribution in [0.25, 0.3) is 0 Å². The lowest BCUT2D eigenvalue weighted by Gasteiger charge is -2.28. The molecule has 0 radical (unpaired) electrons. The number of nitrogens with one attached hydrogen (secondary N) is 1. The summed E-state index contributed by atoms with van der Waals surface area (Å²) in [6.07, 6.45) is 4.19. The maximum atomic E-state index is 13.1. The number of hydrogen-bond donors (Lipinski definition) is 2. The van der Waals surface area contributed by atoms with Crippen LogP contribution in [0.2, 0.25) is 5.02 Å². The van der Waals surface area contributed by atoms with Gasteiger partial charge >= 0.3 is 0 Å². The van der Waals surface area contributed by atoms with E-state index in [0.717, 1.165) is 25.7 Å². The summed E-state index contributed by atoms with van der Waals surface area (Å²) < 4.78 is 13.1. The summed E-state index contributed by atoms with van der Waals surface area (Å²) in [5.41, 5.74) is 6.57. The normalized spacial score (nSPS) is 25.4. The van der Waals surface area contributed by atoms with Gasteiger partial charge in [0.1, 0.15) is 5.82 Å². The maximum absolute atomic E-state index is 13.1. The maximum Gasteiger partial charge on any atom is 0.125 e. The van der Waals surface area contributed by atoms with Crippen LogP contribution in [-0.2, 0) is 0 Å². The number of benzene rings is 1. The van der Waals surface area contributed by atoms with Crippen molar-refractivity contribution in [3.63, 3.8) is 0 Å². The molecule has 0 saturated heterocycles. The van der Waals surface area contributed by atoms with Gasteiger partial charge in [-0.3, -0.25) is 0 Å². The predicted octanol–water partition coefficient (Wildman–Crippen LogP) is 3.16. The first-order valence-electron chi connectivity index (χ1n) is 5.62. The lowest BCUT2D eigenvalue weighted by molar-refractivity contribution is 0.409. The average Bonchev–Trinajstić information content (AvgIpc) is 2.24. The van der Waals surface area contributed by atoms with E-state index in [1.807, 2.05) is 0 Å². The Kier molecular flexibility index (Phi) is 3.66. The smallest absolute Gasteiger partial charge is 0.125 e. The highest BCUT2D eigenvalue weighted by Crippen LogP contribution is 2.26. The molecule has 4 heteroatoms. The zero-order chi connectivity index (χ0) is 11.5. The van der Waals surface area contributed by atoms with Crippen LogP contribution in [0.5, 0.6) is 0 Å². The van der Waals surface area contributed by atoms with Crippen molar-refractivity contribution in [3.8, 4) is 0 Å². The van der Waals surface area contributed by atoms with Crippen LogP contribution in [0, 0.1) is 5.82 Å². The van der Waals surface area contributed by atoms with E-state index < -0.39 is 0 Å². The van der Waals surface area contributed by atoms with Crippen molar-refractivity contribution in [1.29, 1.82) is 0 Å². The van der Waals surface area contributed by atoms with E-state index >= 15 is 0 Å². The van der Waals surface area contributed by atoms with Gasteiger partial charge in [-0.05, 0) is 43.9 Å². The molecule has 1 aromatic carbocycles. The summed E-state index contributed by atoms with van der Waals surface area (Å²) in [4.78, 5) is 0. The highest BCUT2D eigenvalue weighted by atomic mass is 35.5. The standard InChI is InChI=1S/C12H16ClFN2/c13-11-5-4-8(14)6-12(11)16-10-3-1-2-9(15)7-10/h4-6,9-10,16H,1-3,7,15H2. The first kappa shape index (κ1) is 11.7. The monoisotopic (exact) mass is 242 g/mol. The molecule has 2 unspecified atom stereocenters. The summed E-state index contributed by atoms with van der Waals surface area (Å²) in [5, 5.41) is 3.82. The summed E-state index contributed by atoms with van der Waals surface area (Å²) in [6, 6.07) is 4.92. The number of rotatable bonds is 2. The molecule has 88 valence electrons. The van der Waals surface area contributed by atoms with Crippen molar-refractivity contribution < 1.29 is 4.39 Å². The lowest BCUT2D eigenvalue weighted by Crippen LogP contribution is -2.34. The minimum absolute atomic E-state index is 0.249. The van der Waals surface area contributed by atoms with Gasteiger partial charge in [0, 0.05) is 12.1 Å². The van der Waals surface area contributed by atoms with Crippen LogP contribution in [0.4, 0.5) is 10.1 Å². The van der Waals surface area contributed by atoms with Gasteiger partial charge < -0.3 is 11.1 Å². The van der Waals surface area contributed by atoms with Crippen LogP contribution >= 0.6 is 11.6 Å². The second-order valence-corrected chi connectivity index (χ2v) is 4.80. The molecule has 0 bridgehead atoms. The fourth-order valence-electron chi connectivity index (χ4n) is 2.19. The molecule has 2 atom stereocenters. The highest BCUT2D eigenvalue weighted by molar-refractivity contribution is 6.33. The quantitative estimate of drug-likeness (QED) is 0.836. The van der Waals surface area contributed by atoms with Crippen molar-refractivity contribution in [2.75, 3.05) is 5.32 Å². The third kappa shape index (κ3) is 2.86. The highest BCUT2D eigenvalue weighted by Gasteiger charge is 2.19. The van der Waals surface area contributed by atoms with Gasteiger partial charge in [-0.15, -0.1) is 0 Å². The van der Waals surface area contributed by atoms with Gasteiger partial charge in [0.25, 0.3) is 0 Å². The molecule has 3 N–H and O–H groups in total. The van der Waals surface area contributed by atoms with Crippen molar-refractivity contribution in [2.45, 2.75) is 37.8 Å². The zero-order valence-electron chi connectivity index (χ0n) is 9.05. The summed E-state index contributed by atoms with van der Waals surface area (Å²) in [5.74, 6) is -0.271. The van der Waals surface area contributed by atoms with Gasteiger partial charge in [-0.25, -0.2) is 4.39 Å². The second kappa shape index (κ2) is 5.02. The summed E-state index contributed by atoms with van der Waals surface area (Å²) in [6.45, 7) is 0. The van der Waals surface area contributed by atoms with Crippen LogP contribution in [0.3, 0.4) is 0 Å². The first-order chi connectivity index (χ1) is 7.65. The van der Waals surface area contributed by atoms with E-state index in [-0.39, 0.29) is 11.9 Å². The Morgan fingerprint density at radius 2 is 2.19 bits per heavy atom. The van der Waals surface area contributed by atoms with E-state index in [1.165, 1.54) is 12.1 Å². The minimum atomic E-state index is -0.271. The third-order valence-corrected chi connectivity index (χ3v) is 3.33. The van der Waals surface area contributed by atoms with Crippen LogP contribution in [0.1, 0.15) is 25.7 Å². The number of nitrogens with two attached hydrogens (primary N) is 1. The fraction of sp³-hybridized carbons (Fsp3) is 0.500. The molecular formula is C12H16ClFN2.